The number of hydrogen-bond donors (Lipinski definition) is 1. The van der Waals surface area contributed by atoms with Crippen LogP contribution in [0.3, 0.4) is 0 Å². The second-order valence-electron chi connectivity index (χ2n) is 6.59. The standard InChI is InChI=1S/C13H21N3O3/c1-12(2,3)10-14-9(15-19-10)7-16-6-5-13(4,8-16)11(17)18/h5-8H2,1-4H3,(H,17,18). The highest BCUT2D eigenvalue weighted by atomic mass is 16.5. The molecule has 1 aromatic heterocycles. The number of carboxylic acid groups (broad SMARTS) is 1. The summed E-state index contributed by atoms with van der Waals surface area (Å²) < 4.78 is 5.23. The van der Waals surface area contributed by atoms with Gasteiger partial charge in [-0.1, -0.05) is 25.9 Å². The predicted molar refractivity (Wildman–Crippen MR) is 68.6 cm³/mol. The van der Waals surface area contributed by atoms with Crippen molar-refractivity contribution in [3.63, 3.8) is 0 Å². The zero-order valence-electron chi connectivity index (χ0n) is 11.9. The number of aromatic nitrogens is 2. The normalized spacial score (nSPS) is 24.8. The highest BCUT2D eigenvalue weighted by Crippen LogP contribution is 2.31. The quantitative estimate of drug-likeness (QED) is 0.897. The lowest BCUT2D eigenvalue weighted by Crippen LogP contribution is -2.31. The van der Waals surface area contributed by atoms with E-state index in [1.165, 1.54) is 0 Å². The zero-order valence-corrected chi connectivity index (χ0v) is 11.9. The summed E-state index contributed by atoms with van der Waals surface area (Å²) >= 11 is 0. The Balaban J connectivity index is 2.00. The van der Waals surface area contributed by atoms with Crippen LogP contribution in [0.25, 0.3) is 0 Å². The van der Waals surface area contributed by atoms with Gasteiger partial charge in [-0.05, 0) is 19.9 Å². The topological polar surface area (TPSA) is 79.5 Å². The largest absolute Gasteiger partial charge is 0.481 e. The highest BCUT2D eigenvalue weighted by Gasteiger charge is 2.40. The molecule has 1 aliphatic heterocycles. The van der Waals surface area contributed by atoms with Gasteiger partial charge in [0.2, 0.25) is 5.89 Å². The average molecular weight is 267 g/mol. The molecular weight excluding hydrogens is 246 g/mol. The smallest absolute Gasteiger partial charge is 0.310 e. The summed E-state index contributed by atoms with van der Waals surface area (Å²) in [4.78, 5) is 17.6. The third-order valence-electron chi connectivity index (χ3n) is 3.54. The van der Waals surface area contributed by atoms with E-state index in [9.17, 15) is 9.90 Å². The van der Waals surface area contributed by atoms with Crippen molar-refractivity contribution in [3.05, 3.63) is 11.7 Å². The van der Waals surface area contributed by atoms with Gasteiger partial charge in [-0.2, -0.15) is 4.98 Å². The Morgan fingerprint density at radius 2 is 2.21 bits per heavy atom. The number of likely N-dealkylation sites (tertiary alicyclic amines) is 1. The molecule has 106 valence electrons. The Morgan fingerprint density at radius 1 is 1.53 bits per heavy atom. The van der Waals surface area contributed by atoms with Crippen molar-refractivity contribution >= 4 is 5.97 Å². The monoisotopic (exact) mass is 267 g/mol. The minimum atomic E-state index is -0.738. The first-order valence-corrected chi connectivity index (χ1v) is 6.49. The van der Waals surface area contributed by atoms with Crippen LogP contribution in [-0.2, 0) is 16.8 Å². The van der Waals surface area contributed by atoms with E-state index in [0.29, 0.717) is 31.2 Å². The molecule has 1 saturated heterocycles. The molecule has 6 heteroatoms. The number of carbonyl (C=O) groups is 1. The summed E-state index contributed by atoms with van der Waals surface area (Å²) in [5.74, 6) is 0.501. The molecule has 1 atom stereocenters. The lowest BCUT2D eigenvalue weighted by molar-refractivity contribution is -0.147. The van der Waals surface area contributed by atoms with Gasteiger partial charge in [0.1, 0.15) is 0 Å². The van der Waals surface area contributed by atoms with Gasteiger partial charge in [0.05, 0.1) is 12.0 Å². The van der Waals surface area contributed by atoms with Crippen LogP contribution in [0.1, 0.15) is 45.8 Å². The molecule has 19 heavy (non-hydrogen) atoms. The number of hydrogen-bond acceptors (Lipinski definition) is 5. The van der Waals surface area contributed by atoms with Crippen LogP contribution in [0.2, 0.25) is 0 Å². The minimum absolute atomic E-state index is 0.161. The fourth-order valence-corrected chi connectivity index (χ4v) is 2.19. The van der Waals surface area contributed by atoms with Crippen LogP contribution in [-0.4, -0.2) is 39.2 Å². The molecule has 1 N–H and O–H groups in total. The van der Waals surface area contributed by atoms with E-state index in [1.807, 2.05) is 20.8 Å². The zero-order chi connectivity index (χ0) is 14.3. The third kappa shape index (κ3) is 2.94. The Kier molecular flexibility index (Phi) is 3.38. The van der Waals surface area contributed by atoms with Crippen molar-refractivity contribution in [1.82, 2.24) is 15.0 Å². The molecule has 0 bridgehead atoms. The molecule has 1 fully saturated rings. The second kappa shape index (κ2) is 4.59. The van der Waals surface area contributed by atoms with E-state index in [1.54, 1.807) is 6.92 Å². The van der Waals surface area contributed by atoms with Crippen molar-refractivity contribution in [1.29, 1.82) is 0 Å². The lowest BCUT2D eigenvalue weighted by Gasteiger charge is -2.18. The van der Waals surface area contributed by atoms with Crippen LogP contribution in [0.15, 0.2) is 4.52 Å². The molecule has 1 aromatic rings. The summed E-state index contributed by atoms with van der Waals surface area (Å²) in [7, 11) is 0. The molecule has 0 aliphatic carbocycles. The first kappa shape index (κ1) is 14.0. The van der Waals surface area contributed by atoms with Crippen LogP contribution < -0.4 is 0 Å². The van der Waals surface area contributed by atoms with E-state index in [-0.39, 0.29) is 5.41 Å². The van der Waals surface area contributed by atoms with Crippen LogP contribution in [0.5, 0.6) is 0 Å². The molecule has 6 nitrogen and oxygen atoms in total. The predicted octanol–water partition coefficient (Wildman–Crippen LogP) is 1.66. The molecule has 0 radical (unpaired) electrons. The number of rotatable bonds is 3. The first-order valence-electron chi connectivity index (χ1n) is 6.49. The van der Waals surface area contributed by atoms with Gasteiger partial charge in [-0.3, -0.25) is 9.69 Å². The highest BCUT2D eigenvalue weighted by molar-refractivity contribution is 5.74. The summed E-state index contributed by atoms with van der Waals surface area (Å²) in [5.41, 5.74) is -0.817. The number of aliphatic carboxylic acids is 1. The SMILES string of the molecule is CC1(C(=O)O)CCN(Cc2noc(C(C)(C)C)n2)C1. The number of carboxylic acids is 1. The van der Waals surface area contributed by atoms with Crippen molar-refractivity contribution in [3.8, 4) is 0 Å². The molecule has 1 aliphatic rings. The van der Waals surface area contributed by atoms with Gasteiger partial charge < -0.3 is 9.63 Å². The Morgan fingerprint density at radius 3 is 2.68 bits per heavy atom. The molecule has 2 heterocycles. The maximum absolute atomic E-state index is 11.2. The molecule has 0 spiro atoms. The molecule has 0 saturated carbocycles. The molecule has 1 unspecified atom stereocenters. The van der Waals surface area contributed by atoms with E-state index in [2.05, 4.69) is 15.0 Å². The summed E-state index contributed by atoms with van der Waals surface area (Å²) in [6, 6.07) is 0. The lowest BCUT2D eigenvalue weighted by atomic mass is 9.90. The van der Waals surface area contributed by atoms with Gasteiger partial charge in [-0.25, -0.2) is 0 Å². The van der Waals surface area contributed by atoms with E-state index >= 15 is 0 Å². The van der Waals surface area contributed by atoms with Crippen LogP contribution in [0, 0.1) is 5.41 Å². The van der Waals surface area contributed by atoms with Gasteiger partial charge in [-0.15, -0.1) is 0 Å². The van der Waals surface area contributed by atoms with Crippen molar-refractivity contribution in [2.75, 3.05) is 13.1 Å². The molecule has 0 amide bonds. The first-order chi connectivity index (χ1) is 8.71. The van der Waals surface area contributed by atoms with Gasteiger partial charge in [0.25, 0.3) is 0 Å². The fourth-order valence-electron chi connectivity index (χ4n) is 2.19. The maximum Gasteiger partial charge on any atom is 0.310 e. The van der Waals surface area contributed by atoms with Crippen molar-refractivity contribution in [2.24, 2.45) is 5.41 Å². The van der Waals surface area contributed by atoms with Gasteiger partial charge >= 0.3 is 5.97 Å². The van der Waals surface area contributed by atoms with E-state index in [4.69, 9.17) is 4.52 Å². The van der Waals surface area contributed by atoms with Crippen molar-refractivity contribution < 1.29 is 14.4 Å². The third-order valence-corrected chi connectivity index (χ3v) is 3.54. The molecular formula is C13H21N3O3. The summed E-state index contributed by atoms with van der Waals surface area (Å²) in [6.07, 6.45) is 0.659. The Hall–Kier alpha value is -1.43. The number of nitrogens with zero attached hydrogens (tertiary/aromatic N) is 3. The Bertz CT molecular complexity index is 478. The minimum Gasteiger partial charge on any atom is -0.481 e. The fraction of sp³-hybridized carbons (Fsp3) is 0.769. The maximum atomic E-state index is 11.2. The van der Waals surface area contributed by atoms with Crippen LogP contribution in [0.4, 0.5) is 0 Å². The van der Waals surface area contributed by atoms with Crippen molar-refractivity contribution in [2.45, 2.75) is 46.1 Å². The van der Waals surface area contributed by atoms with E-state index < -0.39 is 11.4 Å². The Labute approximate surface area is 112 Å². The summed E-state index contributed by atoms with van der Waals surface area (Å²) in [6.45, 7) is 9.66. The second-order valence-corrected chi connectivity index (χ2v) is 6.59. The van der Waals surface area contributed by atoms with Gasteiger partial charge in [0, 0.05) is 12.0 Å². The molecule has 0 aromatic carbocycles. The van der Waals surface area contributed by atoms with Crippen LogP contribution >= 0.6 is 0 Å². The van der Waals surface area contributed by atoms with E-state index in [0.717, 1.165) is 6.54 Å². The summed E-state index contributed by atoms with van der Waals surface area (Å²) in [5, 5.41) is 13.2. The molecule has 2 rings (SSSR count). The van der Waals surface area contributed by atoms with Gasteiger partial charge in [0.15, 0.2) is 5.82 Å². The average Bonchev–Trinajstić information content (AvgIpc) is 2.86.